The van der Waals surface area contributed by atoms with E-state index < -0.39 is 0 Å². The summed E-state index contributed by atoms with van der Waals surface area (Å²) in [7, 11) is 4.90. The molecule has 0 fully saturated rings. The van der Waals surface area contributed by atoms with Gasteiger partial charge in [0.25, 0.3) is 0 Å². The molecule has 6 heteroatoms. The van der Waals surface area contributed by atoms with Crippen molar-refractivity contribution < 1.29 is 14.3 Å². The molecule has 0 saturated carbocycles. The molecule has 116 valence electrons. The van der Waals surface area contributed by atoms with Crippen LogP contribution < -0.4 is 5.73 Å². The highest BCUT2D eigenvalue weighted by Gasteiger charge is 2.18. The summed E-state index contributed by atoms with van der Waals surface area (Å²) in [5.74, 6) is -0.236. The number of likely N-dealkylation sites (N-methyl/N-ethyl adjacent to an activating group) is 1. The lowest BCUT2D eigenvalue weighted by Crippen LogP contribution is -2.42. The number of carbonyl (C=O) groups is 2. The highest BCUT2D eigenvalue weighted by molar-refractivity contribution is 5.85. The molecule has 21 heavy (non-hydrogen) atoms. The Kier molecular flexibility index (Phi) is 6.68. The standard InChI is InChI=1S/C15H23N3O3/c1-17(2)15(20)11-18(7-8-21-3)14(19)10-12-5-4-6-13(16)9-12/h4-6,9H,7-8,10-11,16H2,1-3H3. The first-order valence-corrected chi connectivity index (χ1v) is 6.75. The predicted molar refractivity (Wildman–Crippen MR) is 81.7 cm³/mol. The zero-order valence-corrected chi connectivity index (χ0v) is 12.8. The fourth-order valence-corrected chi connectivity index (χ4v) is 1.79. The van der Waals surface area contributed by atoms with E-state index in [1.807, 2.05) is 12.1 Å². The van der Waals surface area contributed by atoms with Crippen LogP contribution in [-0.2, 0) is 20.7 Å². The minimum absolute atomic E-state index is 0.0531. The van der Waals surface area contributed by atoms with Gasteiger partial charge in [0, 0.05) is 33.4 Å². The molecule has 2 amide bonds. The van der Waals surface area contributed by atoms with E-state index in [-0.39, 0.29) is 24.8 Å². The molecule has 0 aromatic heterocycles. The lowest BCUT2D eigenvalue weighted by Gasteiger charge is -2.23. The van der Waals surface area contributed by atoms with Crippen LogP contribution in [0.2, 0.25) is 0 Å². The summed E-state index contributed by atoms with van der Waals surface area (Å²) in [4.78, 5) is 27.1. The SMILES string of the molecule is COCCN(CC(=O)N(C)C)C(=O)Cc1cccc(N)c1. The van der Waals surface area contributed by atoms with Crippen molar-refractivity contribution in [2.75, 3.05) is 46.6 Å². The zero-order valence-electron chi connectivity index (χ0n) is 12.8. The number of hydrogen-bond donors (Lipinski definition) is 1. The molecule has 2 N–H and O–H groups in total. The molecule has 6 nitrogen and oxygen atoms in total. The Bertz CT molecular complexity index is 489. The largest absolute Gasteiger partial charge is 0.399 e. The number of nitrogen functional groups attached to an aromatic ring is 1. The summed E-state index contributed by atoms with van der Waals surface area (Å²) in [6.45, 7) is 0.831. The smallest absolute Gasteiger partial charge is 0.241 e. The number of nitrogens with two attached hydrogens (primary N) is 1. The summed E-state index contributed by atoms with van der Waals surface area (Å²) in [6, 6.07) is 7.19. The molecule has 1 aromatic rings. The number of amides is 2. The number of anilines is 1. The second-order valence-corrected chi connectivity index (χ2v) is 5.02. The molecule has 0 aliphatic heterocycles. The van der Waals surface area contributed by atoms with Crippen molar-refractivity contribution in [3.63, 3.8) is 0 Å². The summed E-state index contributed by atoms with van der Waals surface area (Å²) in [6.07, 6.45) is 0.218. The van der Waals surface area contributed by atoms with Crippen molar-refractivity contribution in [1.82, 2.24) is 9.80 Å². The van der Waals surface area contributed by atoms with Crippen LogP contribution in [0.3, 0.4) is 0 Å². The Balaban J connectivity index is 2.72. The second-order valence-electron chi connectivity index (χ2n) is 5.02. The van der Waals surface area contributed by atoms with Crippen LogP contribution in [0.15, 0.2) is 24.3 Å². The lowest BCUT2D eigenvalue weighted by molar-refractivity contribution is -0.139. The molecule has 0 heterocycles. The Hall–Kier alpha value is -2.08. The van der Waals surface area contributed by atoms with Gasteiger partial charge in [0.05, 0.1) is 19.6 Å². The molecular formula is C15H23N3O3. The molecule has 1 rings (SSSR count). The van der Waals surface area contributed by atoms with Crippen molar-refractivity contribution in [3.8, 4) is 0 Å². The Labute approximate surface area is 125 Å². The average molecular weight is 293 g/mol. The number of benzene rings is 1. The maximum atomic E-state index is 12.3. The fourth-order valence-electron chi connectivity index (χ4n) is 1.79. The number of rotatable bonds is 7. The van der Waals surface area contributed by atoms with Gasteiger partial charge in [-0.3, -0.25) is 9.59 Å². The summed E-state index contributed by atoms with van der Waals surface area (Å²) in [5.41, 5.74) is 7.16. The van der Waals surface area contributed by atoms with Gasteiger partial charge in [-0.2, -0.15) is 0 Å². The van der Waals surface area contributed by atoms with E-state index in [4.69, 9.17) is 10.5 Å². The minimum atomic E-state index is -0.118. The Morgan fingerprint density at radius 2 is 1.95 bits per heavy atom. The van der Waals surface area contributed by atoms with Crippen LogP contribution in [0.1, 0.15) is 5.56 Å². The van der Waals surface area contributed by atoms with E-state index >= 15 is 0 Å². The highest BCUT2D eigenvalue weighted by atomic mass is 16.5. The van der Waals surface area contributed by atoms with Crippen molar-refractivity contribution in [2.24, 2.45) is 0 Å². The van der Waals surface area contributed by atoms with E-state index in [1.165, 1.54) is 9.80 Å². The molecule has 0 saturated heterocycles. The van der Waals surface area contributed by atoms with Crippen LogP contribution in [0.4, 0.5) is 5.69 Å². The summed E-state index contributed by atoms with van der Waals surface area (Å²) < 4.78 is 5.00. The number of methoxy groups -OCH3 is 1. The van der Waals surface area contributed by atoms with Crippen LogP contribution >= 0.6 is 0 Å². The summed E-state index contributed by atoms with van der Waals surface area (Å²) >= 11 is 0. The first-order valence-electron chi connectivity index (χ1n) is 6.75. The third-order valence-corrected chi connectivity index (χ3v) is 3.05. The quantitative estimate of drug-likeness (QED) is 0.737. The second kappa shape index (κ2) is 8.26. The first kappa shape index (κ1) is 17.0. The van der Waals surface area contributed by atoms with Crippen LogP contribution in [-0.4, -0.2) is 62.5 Å². The van der Waals surface area contributed by atoms with E-state index in [9.17, 15) is 9.59 Å². The van der Waals surface area contributed by atoms with E-state index in [2.05, 4.69) is 0 Å². The summed E-state index contributed by atoms with van der Waals surface area (Å²) in [5, 5.41) is 0. The maximum absolute atomic E-state index is 12.3. The fraction of sp³-hybridized carbons (Fsp3) is 0.467. The average Bonchev–Trinajstić information content (AvgIpc) is 2.42. The van der Waals surface area contributed by atoms with Gasteiger partial charge in [0.1, 0.15) is 0 Å². The van der Waals surface area contributed by atoms with Crippen molar-refractivity contribution >= 4 is 17.5 Å². The number of hydrogen-bond acceptors (Lipinski definition) is 4. The van der Waals surface area contributed by atoms with Gasteiger partial charge < -0.3 is 20.3 Å². The maximum Gasteiger partial charge on any atom is 0.241 e. The topological polar surface area (TPSA) is 75.9 Å². The van der Waals surface area contributed by atoms with Gasteiger partial charge in [0.2, 0.25) is 11.8 Å². The molecule has 0 aliphatic carbocycles. The number of nitrogens with zero attached hydrogens (tertiary/aromatic N) is 2. The van der Waals surface area contributed by atoms with Gasteiger partial charge in [-0.25, -0.2) is 0 Å². The Morgan fingerprint density at radius 1 is 1.24 bits per heavy atom. The van der Waals surface area contributed by atoms with E-state index in [0.29, 0.717) is 18.8 Å². The van der Waals surface area contributed by atoms with Gasteiger partial charge in [-0.1, -0.05) is 12.1 Å². The normalized spacial score (nSPS) is 10.2. The highest BCUT2D eigenvalue weighted by Crippen LogP contribution is 2.09. The van der Waals surface area contributed by atoms with Crippen LogP contribution in [0.5, 0.6) is 0 Å². The number of carbonyl (C=O) groups excluding carboxylic acids is 2. The van der Waals surface area contributed by atoms with Gasteiger partial charge in [-0.05, 0) is 17.7 Å². The molecule has 0 atom stereocenters. The molecular weight excluding hydrogens is 270 g/mol. The van der Waals surface area contributed by atoms with Crippen molar-refractivity contribution in [1.29, 1.82) is 0 Å². The van der Waals surface area contributed by atoms with Gasteiger partial charge in [0.15, 0.2) is 0 Å². The number of ether oxygens (including phenoxy) is 1. The third kappa shape index (κ3) is 5.83. The predicted octanol–water partition coefficient (Wildman–Crippen LogP) is 0.375. The van der Waals surface area contributed by atoms with Crippen molar-refractivity contribution in [2.45, 2.75) is 6.42 Å². The monoisotopic (exact) mass is 293 g/mol. The molecule has 0 unspecified atom stereocenters. The van der Waals surface area contributed by atoms with E-state index in [0.717, 1.165) is 5.56 Å². The van der Waals surface area contributed by atoms with E-state index in [1.54, 1.807) is 33.3 Å². The van der Waals surface area contributed by atoms with Crippen LogP contribution in [0.25, 0.3) is 0 Å². The van der Waals surface area contributed by atoms with Gasteiger partial charge in [-0.15, -0.1) is 0 Å². The molecule has 1 aromatic carbocycles. The third-order valence-electron chi connectivity index (χ3n) is 3.05. The zero-order chi connectivity index (χ0) is 15.8. The molecule has 0 bridgehead atoms. The minimum Gasteiger partial charge on any atom is -0.399 e. The molecule has 0 radical (unpaired) electrons. The Morgan fingerprint density at radius 3 is 2.52 bits per heavy atom. The van der Waals surface area contributed by atoms with Gasteiger partial charge >= 0.3 is 0 Å². The first-order chi connectivity index (χ1) is 9.93. The molecule has 0 spiro atoms. The molecule has 0 aliphatic rings. The van der Waals surface area contributed by atoms with Crippen molar-refractivity contribution in [3.05, 3.63) is 29.8 Å². The van der Waals surface area contributed by atoms with Crippen LogP contribution in [0, 0.1) is 0 Å². The lowest BCUT2D eigenvalue weighted by atomic mass is 10.1.